The molecule has 1 aliphatic heterocycles. The number of carbonyl (C=O) groups is 3. The van der Waals surface area contributed by atoms with Gasteiger partial charge in [-0.05, 0) is 24.5 Å². The van der Waals surface area contributed by atoms with Crippen molar-refractivity contribution in [3.63, 3.8) is 0 Å². The van der Waals surface area contributed by atoms with E-state index < -0.39 is 18.5 Å². The van der Waals surface area contributed by atoms with Crippen molar-refractivity contribution >= 4 is 28.7 Å². The number of hydrogen-bond donors (Lipinski definition) is 2. The molecule has 1 amide bonds. The average Bonchev–Trinajstić information content (AvgIpc) is 2.71. The first-order chi connectivity index (χ1) is 10.9. The molecule has 1 aliphatic rings. The van der Waals surface area contributed by atoms with Gasteiger partial charge in [-0.2, -0.15) is 0 Å². The van der Waals surface area contributed by atoms with Crippen molar-refractivity contribution in [2.45, 2.75) is 19.4 Å². The molecule has 7 heteroatoms. The van der Waals surface area contributed by atoms with Crippen LogP contribution in [0.15, 0.2) is 18.2 Å². The van der Waals surface area contributed by atoms with Gasteiger partial charge in [0.05, 0.1) is 11.1 Å². The molecule has 2 N–H and O–H groups in total. The van der Waals surface area contributed by atoms with E-state index in [-0.39, 0.29) is 17.2 Å². The number of aryl methyl sites for hydroxylation is 1. The third-order valence-corrected chi connectivity index (χ3v) is 4.18. The molecule has 0 unspecified atom stereocenters. The maximum absolute atomic E-state index is 12.7. The zero-order valence-electron chi connectivity index (χ0n) is 12.6. The van der Waals surface area contributed by atoms with Crippen LogP contribution in [-0.4, -0.2) is 51.1 Å². The summed E-state index contributed by atoms with van der Waals surface area (Å²) in [6, 6.07) is 4.80. The van der Waals surface area contributed by atoms with Gasteiger partial charge in [-0.3, -0.25) is 9.59 Å². The molecule has 0 atom stereocenters. The average molecular weight is 316 g/mol. The first-order valence-corrected chi connectivity index (χ1v) is 7.26. The van der Waals surface area contributed by atoms with Crippen molar-refractivity contribution in [3.8, 4) is 0 Å². The molecule has 0 saturated carbocycles. The van der Waals surface area contributed by atoms with Crippen LogP contribution < -0.4 is 0 Å². The van der Waals surface area contributed by atoms with E-state index in [2.05, 4.69) is 0 Å². The minimum Gasteiger partial charge on any atom is -0.480 e. The van der Waals surface area contributed by atoms with E-state index in [0.29, 0.717) is 23.9 Å². The zero-order chi connectivity index (χ0) is 16.7. The number of aromatic carboxylic acids is 1. The number of aliphatic carboxylic acids is 1. The Morgan fingerprint density at radius 3 is 2.65 bits per heavy atom. The molecule has 0 aliphatic carbocycles. The summed E-state index contributed by atoms with van der Waals surface area (Å²) in [5, 5.41) is 19.3. The number of para-hydroxylation sites is 1. The Morgan fingerprint density at radius 2 is 2.00 bits per heavy atom. The number of fused-ring (bicyclic) bond motifs is 3. The van der Waals surface area contributed by atoms with Crippen LogP contribution in [0.2, 0.25) is 0 Å². The Morgan fingerprint density at radius 1 is 1.26 bits per heavy atom. The molecule has 0 spiro atoms. The van der Waals surface area contributed by atoms with Gasteiger partial charge in [0.25, 0.3) is 5.91 Å². The predicted octanol–water partition coefficient (Wildman–Crippen LogP) is 1.44. The zero-order valence-corrected chi connectivity index (χ0v) is 12.6. The molecule has 1 aromatic carbocycles. The number of carboxylic acid groups (broad SMARTS) is 2. The first-order valence-electron chi connectivity index (χ1n) is 7.26. The Hall–Kier alpha value is -2.83. The van der Waals surface area contributed by atoms with Crippen LogP contribution >= 0.6 is 0 Å². The molecular formula is C16H16N2O5. The maximum atomic E-state index is 12.7. The Bertz CT molecular complexity index is 837. The van der Waals surface area contributed by atoms with Crippen molar-refractivity contribution in [1.82, 2.24) is 9.47 Å². The quantitative estimate of drug-likeness (QED) is 0.892. The van der Waals surface area contributed by atoms with Crippen molar-refractivity contribution in [3.05, 3.63) is 35.0 Å². The number of benzene rings is 1. The molecule has 0 radical (unpaired) electrons. The van der Waals surface area contributed by atoms with Gasteiger partial charge in [0.1, 0.15) is 12.2 Å². The van der Waals surface area contributed by atoms with Gasteiger partial charge < -0.3 is 19.7 Å². The van der Waals surface area contributed by atoms with Crippen LogP contribution in [0.3, 0.4) is 0 Å². The van der Waals surface area contributed by atoms with Gasteiger partial charge in [0.2, 0.25) is 0 Å². The summed E-state index contributed by atoms with van der Waals surface area (Å²) in [6.45, 7) is 0.135. The number of nitrogens with zero attached hydrogens (tertiary/aromatic N) is 2. The van der Waals surface area contributed by atoms with Crippen LogP contribution in [-0.2, 0) is 17.8 Å². The van der Waals surface area contributed by atoms with Gasteiger partial charge in [-0.1, -0.05) is 12.1 Å². The van der Waals surface area contributed by atoms with E-state index in [1.165, 1.54) is 10.6 Å². The summed E-state index contributed by atoms with van der Waals surface area (Å²) in [5.74, 6) is -2.54. The molecule has 0 bridgehead atoms. The molecule has 3 rings (SSSR count). The van der Waals surface area contributed by atoms with Gasteiger partial charge in [-0.15, -0.1) is 0 Å². The summed E-state index contributed by atoms with van der Waals surface area (Å²) in [4.78, 5) is 37.0. The molecule has 2 heterocycles. The van der Waals surface area contributed by atoms with Crippen LogP contribution in [0.1, 0.15) is 32.8 Å². The summed E-state index contributed by atoms with van der Waals surface area (Å²) in [5.41, 5.74) is 1.33. The van der Waals surface area contributed by atoms with Crippen LogP contribution in [0.4, 0.5) is 0 Å². The second kappa shape index (κ2) is 5.42. The summed E-state index contributed by atoms with van der Waals surface area (Å²) in [7, 11) is 1.66. The molecule has 2 aromatic rings. The highest BCUT2D eigenvalue weighted by Crippen LogP contribution is 2.32. The number of hydrogen-bond acceptors (Lipinski definition) is 3. The standard InChI is InChI=1S/C16H16N2O5/c1-17-7-3-6-10-9-4-2-5-11(16(22)23)13(9)18(8-12(19)20)14(10)15(17)21/h2,4-5H,3,6-8H2,1H3,(H,19,20)(H,22,23). The maximum Gasteiger partial charge on any atom is 0.337 e. The summed E-state index contributed by atoms with van der Waals surface area (Å²) < 4.78 is 1.33. The van der Waals surface area contributed by atoms with Gasteiger partial charge in [0.15, 0.2) is 0 Å². The van der Waals surface area contributed by atoms with E-state index >= 15 is 0 Å². The molecular weight excluding hydrogens is 300 g/mol. The Balaban J connectivity index is 2.42. The second-order valence-corrected chi connectivity index (χ2v) is 5.64. The molecule has 120 valence electrons. The lowest BCUT2D eigenvalue weighted by atomic mass is 10.0. The third kappa shape index (κ3) is 2.34. The van der Waals surface area contributed by atoms with Crippen LogP contribution in [0.25, 0.3) is 10.9 Å². The third-order valence-electron chi connectivity index (χ3n) is 4.18. The highest BCUT2D eigenvalue weighted by molar-refractivity contribution is 6.09. The fourth-order valence-corrected chi connectivity index (χ4v) is 3.22. The lowest BCUT2D eigenvalue weighted by Gasteiger charge is -2.16. The van der Waals surface area contributed by atoms with Crippen LogP contribution in [0.5, 0.6) is 0 Å². The van der Waals surface area contributed by atoms with Crippen molar-refractivity contribution in [2.24, 2.45) is 0 Å². The summed E-state index contributed by atoms with van der Waals surface area (Å²) >= 11 is 0. The lowest BCUT2D eigenvalue weighted by molar-refractivity contribution is -0.137. The smallest absolute Gasteiger partial charge is 0.337 e. The highest BCUT2D eigenvalue weighted by atomic mass is 16.4. The van der Waals surface area contributed by atoms with E-state index in [0.717, 1.165) is 12.0 Å². The minimum absolute atomic E-state index is 0.00674. The van der Waals surface area contributed by atoms with Gasteiger partial charge in [0, 0.05) is 19.0 Å². The fourth-order valence-electron chi connectivity index (χ4n) is 3.22. The number of aromatic nitrogens is 1. The topological polar surface area (TPSA) is 99.8 Å². The molecule has 7 nitrogen and oxygen atoms in total. The number of amides is 1. The number of rotatable bonds is 3. The van der Waals surface area contributed by atoms with Gasteiger partial charge in [-0.25, -0.2) is 4.79 Å². The van der Waals surface area contributed by atoms with E-state index in [1.54, 1.807) is 24.1 Å². The van der Waals surface area contributed by atoms with E-state index in [4.69, 9.17) is 0 Å². The summed E-state index contributed by atoms with van der Waals surface area (Å²) in [6.07, 6.45) is 1.36. The van der Waals surface area contributed by atoms with Crippen molar-refractivity contribution < 1.29 is 24.6 Å². The molecule has 1 aromatic heterocycles. The predicted molar refractivity (Wildman–Crippen MR) is 81.8 cm³/mol. The Kier molecular flexibility index (Phi) is 3.55. The number of carboxylic acids is 2. The van der Waals surface area contributed by atoms with E-state index in [9.17, 15) is 24.6 Å². The normalized spacial score (nSPS) is 14.7. The molecule has 0 saturated heterocycles. The monoisotopic (exact) mass is 316 g/mol. The SMILES string of the molecule is CN1CCCc2c(n(CC(=O)O)c3c(C(=O)O)cccc23)C1=O. The van der Waals surface area contributed by atoms with Crippen LogP contribution in [0, 0.1) is 0 Å². The fraction of sp³-hybridized carbons (Fsp3) is 0.312. The highest BCUT2D eigenvalue weighted by Gasteiger charge is 2.30. The van der Waals surface area contributed by atoms with E-state index in [1.807, 2.05) is 0 Å². The first kappa shape index (κ1) is 15.1. The number of carbonyl (C=O) groups excluding carboxylic acids is 1. The largest absolute Gasteiger partial charge is 0.480 e. The Labute approximate surface area is 131 Å². The molecule has 0 fully saturated rings. The van der Waals surface area contributed by atoms with Crippen molar-refractivity contribution in [2.75, 3.05) is 13.6 Å². The minimum atomic E-state index is -1.14. The lowest BCUT2D eigenvalue weighted by Crippen LogP contribution is -2.29. The second-order valence-electron chi connectivity index (χ2n) is 5.64. The van der Waals surface area contributed by atoms with Gasteiger partial charge >= 0.3 is 11.9 Å². The van der Waals surface area contributed by atoms with Crippen molar-refractivity contribution in [1.29, 1.82) is 0 Å². The molecule has 23 heavy (non-hydrogen) atoms.